The first-order valence-electron chi connectivity index (χ1n) is 6.38. The fourth-order valence-corrected chi connectivity index (χ4v) is 1.83. The number of nitrogens with two attached hydrogens (primary N) is 1. The van der Waals surface area contributed by atoms with Crippen molar-refractivity contribution in [3.63, 3.8) is 0 Å². The largest absolute Gasteiger partial charge is 0.366 e. The Labute approximate surface area is 122 Å². The van der Waals surface area contributed by atoms with Gasteiger partial charge in [0.2, 0.25) is 11.8 Å². The lowest BCUT2D eigenvalue weighted by molar-refractivity contribution is -0.111. The third-order valence-electron chi connectivity index (χ3n) is 3.00. The summed E-state index contributed by atoms with van der Waals surface area (Å²) in [5.41, 5.74) is 8.62. The first-order chi connectivity index (χ1) is 9.97. The lowest BCUT2D eigenvalue weighted by Gasteiger charge is -2.01. The maximum absolute atomic E-state index is 11.8. The number of nitrogens with zero attached hydrogens (tertiary/aromatic N) is 1. The molecule has 0 aliphatic heterocycles. The van der Waals surface area contributed by atoms with Crippen LogP contribution in [0.3, 0.4) is 0 Å². The number of rotatable bonds is 4. The summed E-state index contributed by atoms with van der Waals surface area (Å²) in [5, 5.41) is 9.57. The van der Waals surface area contributed by atoms with E-state index in [9.17, 15) is 9.59 Å². The number of carbonyl (C=O) groups excluding carboxylic acids is 2. The predicted molar refractivity (Wildman–Crippen MR) is 80.7 cm³/mol. The Morgan fingerprint density at radius 3 is 2.43 bits per heavy atom. The van der Waals surface area contributed by atoms with Gasteiger partial charge in [-0.05, 0) is 37.6 Å². The molecule has 108 valence electrons. The monoisotopic (exact) mass is 284 g/mol. The smallest absolute Gasteiger partial charge is 0.248 e. The number of aromatic nitrogens is 2. The molecule has 2 amide bonds. The van der Waals surface area contributed by atoms with Crippen molar-refractivity contribution in [2.45, 2.75) is 13.8 Å². The lowest BCUT2D eigenvalue weighted by atomic mass is 10.1. The highest BCUT2D eigenvalue weighted by atomic mass is 16.1. The Bertz CT molecular complexity index is 679. The molecule has 21 heavy (non-hydrogen) atoms. The SMILES string of the molecule is Cc1n[nH]c(C)c1NC(=O)/C=C/c1ccc(C(N)=O)cc1. The molecule has 0 saturated heterocycles. The van der Waals surface area contributed by atoms with Gasteiger partial charge in [0.15, 0.2) is 0 Å². The summed E-state index contributed by atoms with van der Waals surface area (Å²) in [6.45, 7) is 3.65. The second-order valence-corrected chi connectivity index (χ2v) is 4.62. The number of hydrogen-bond donors (Lipinski definition) is 3. The summed E-state index contributed by atoms with van der Waals surface area (Å²) < 4.78 is 0. The average molecular weight is 284 g/mol. The van der Waals surface area contributed by atoms with Crippen LogP contribution in [0.2, 0.25) is 0 Å². The van der Waals surface area contributed by atoms with E-state index in [4.69, 9.17) is 5.73 Å². The number of amides is 2. The van der Waals surface area contributed by atoms with E-state index >= 15 is 0 Å². The van der Waals surface area contributed by atoms with E-state index in [1.165, 1.54) is 6.08 Å². The van der Waals surface area contributed by atoms with Crippen LogP contribution in [0.5, 0.6) is 0 Å². The van der Waals surface area contributed by atoms with Crippen LogP contribution >= 0.6 is 0 Å². The van der Waals surface area contributed by atoms with Gasteiger partial charge in [-0.15, -0.1) is 0 Å². The van der Waals surface area contributed by atoms with Crippen molar-refractivity contribution in [1.29, 1.82) is 0 Å². The summed E-state index contributed by atoms with van der Waals surface area (Å²) in [4.78, 5) is 22.8. The number of nitrogens with one attached hydrogen (secondary N) is 2. The van der Waals surface area contributed by atoms with Crippen LogP contribution in [-0.4, -0.2) is 22.0 Å². The molecule has 0 radical (unpaired) electrons. The minimum absolute atomic E-state index is 0.249. The zero-order valence-corrected chi connectivity index (χ0v) is 11.8. The molecule has 4 N–H and O–H groups in total. The van der Waals surface area contributed by atoms with Crippen LogP contribution < -0.4 is 11.1 Å². The minimum Gasteiger partial charge on any atom is -0.366 e. The highest BCUT2D eigenvalue weighted by Crippen LogP contribution is 2.16. The maximum atomic E-state index is 11.8. The van der Waals surface area contributed by atoms with Gasteiger partial charge in [-0.1, -0.05) is 12.1 Å². The molecule has 6 nitrogen and oxygen atoms in total. The molecule has 1 heterocycles. The minimum atomic E-state index is -0.478. The van der Waals surface area contributed by atoms with E-state index in [0.717, 1.165) is 17.0 Å². The number of H-pyrrole nitrogens is 1. The van der Waals surface area contributed by atoms with Crippen molar-refractivity contribution in [3.8, 4) is 0 Å². The van der Waals surface area contributed by atoms with E-state index in [1.807, 2.05) is 13.8 Å². The van der Waals surface area contributed by atoms with Crippen molar-refractivity contribution in [3.05, 3.63) is 52.9 Å². The van der Waals surface area contributed by atoms with Crippen LogP contribution in [0.4, 0.5) is 5.69 Å². The third-order valence-corrected chi connectivity index (χ3v) is 3.00. The molecule has 2 rings (SSSR count). The summed E-state index contributed by atoms with van der Waals surface area (Å²) in [6, 6.07) is 6.67. The van der Waals surface area contributed by atoms with E-state index in [0.29, 0.717) is 11.3 Å². The molecule has 0 spiro atoms. The maximum Gasteiger partial charge on any atom is 0.248 e. The van der Waals surface area contributed by atoms with Crippen molar-refractivity contribution in [2.24, 2.45) is 5.73 Å². The van der Waals surface area contributed by atoms with Crippen LogP contribution in [-0.2, 0) is 4.79 Å². The molecular weight excluding hydrogens is 268 g/mol. The number of benzene rings is 1. The van der Waals surface area contributed by atoms with Gasteiger partial charge in [0.05, 0.1) is 17.1 Å². The zero-order valence-electron chi connectivity index (χ0n) is 11.8. The molecule has 1 aromatic carbocycles. The molecule has 6 heteroatoms. The lowest BCUT2D eigenvalue weighted by Crippen LogP contribution is -2.10. The van der Waals surface area contributed by atoms with Crippen LogP contribution in [0.1, 0.15) is 27.3 Å². The van der Waals surface area contributed by atoms with E-state index in [2.05, 4.69) is 15.5 Å². The van der Waals surface area contributed by atoms with E-state index in [1.54, 1.807) is 30.3 Å². The molecule has 0 bridgehead atoms. The second-order valence-electron chi connectivity index (χ2n) is 4.62. The number of primary amides is 1. The molecule has 0 aliphatic carbocycles. The van der Waals surface area contributed by atoms with E-state index in [-0.39, 0.29) is 5.91 Å². The second kappa shape index (κ2) is 6.04. The topological polar surface area (TPSA) is 101 Å². The molecule has 0 fully saturated rings. The summed E-state index contributed by atoms with van der Waals surface area (Å²) >= 11 is 0. The number of aromatic amines is 1. The normalized spacial score (nSPS) is 10.8. The van der Waals surface area contributed by atoms with Crippen LogP contribution in [0.25, 0.3) is 6.08 Å². The molecule has 2 aromatic rings. The fraction of sp³-hybridized carbons (Fsp3) is 0.133. The van der Waals surface area contributed by atoms with Gasteiger partial charge in [-0.3, -0.25) is 14.7 Å². The Hall–Kier alpha value is -2.89. The number of carbonyl (C=O) groups is 2. The number of anilines is 1. The predicted octanol–water partition coefficient (Wildman–Crippen LogP) is 1.78. The average Bonchev–Trinajstić information content (AvgIpc) is 2.77. The Kier molecular flexibility index (Phi) is 4.18. The zero-order chi connectivity index (χ0) is 15.4. The van der Waals surface area contributed by atoms with Gasteiger partial charge in [0.1, 0.15) is 0 Å². The van der Waals surface area contributed by atoms with Gasteiger partial charge < -0.3 is 11.1 Å². The number of hydrogen-bond acceptors (Lipinski definition) is 3. The molecule has 0 atom stereocenters. The first kappa shape index (κ1) is 14.5. The van der Waals surface area contributed by atoms with Gasteiger partial charge in [-0.25, -0.2) is 0 Å². The van der Waals surface area contributed by atoms with Crippen LogP contribution in [0.15, 0.2) is 30.3 Å². The molecule has 0 saturated carbocycles. The van der Waals surface area contributed by atoms with E-state index < -0.39 is 5.91 Å². The quantitative estimate of drug-likeness (QED) is 0.746. The van der Waals surface area contributed by atoms with Crippen LogP contribution in [0, 0.1) is 13.8 Å². The molecule has 0 unspecified atom stereocenters. The van der Waals surface area contributed by atoms with Crippen molar-refractivity contribution in [2.75, 3.05) is 5.32 Å². The Morgan fingerprint density at radius 1 is 1.24 bits per heavy atom. The first-order valence-corrected chi connectivity index (χ1v) is 6.38. The summed E-state index contributed by atoms with van der Waals surface area (Å²) in [7, 11) is 0. The van der Waals surface area contributed by atoms with Crippen molar-refractivity contribution < 1.29 is 9.59 Å². The highest BCUT2D eigenvalue weighted by Gasteiger charge is 2.07. The molecule has 1 aromatic heterocycles. The van der Waals surface area contributed by atoms with Gasteiger partial charge in [0, 0.05) is 11.6 Å². The Morgan fingerprint density at radius 2 is 1.90 bits per heavy atom. The highest BCUT2D eigenvalue weighted by molar-refractivity contribution is 6.02. The standard InChI is InChI=1S/C15H16N4O2/c1-9-14(10(2)19-18-9)17-13(20)8-5-11-3-6-12(7-4-11)15(16)21/h3-8H,1-2H3,(H2,16,21)(H,17,20)(H,18,19)/b8-5+. The fourth-order valence-electron chi connectivity index (χ4n) is 1.83. The number of aryl methyl sites for hydroxylation is 2. The van der Waals surface area contributed by atoms with Gasteiger partial charge in [0.25, 0.3) is 0 Å². The van der Waals surface area contributed by atoms with Crippen molar-refractivity contribution in [1.82, 2.24) is 10.2 Å². The summed E-state index contributed by atoms with van der Waals surface area (Å²) in [5.74, 6) is -0.726. The van der Waals surface area contributed by atoms with Crippen molar-refractivity contribution >= 4 is 23.6 Å². The summed E-state index contributed by atoms with van der Waals surface area (Å²) in [6.07, 6.45) is 3.08. The Balaban J connectivity index is 2.03. The van der Waals surface area contributed by atoms with Gasteiger partial charge >= 0.3 is 0 Å². The molecular formula is C15H16N4O2. The van der Waals surface area contributed by atoms with Gasteiger partial charge in [-0.2, -0.15) is 5.10 Å². The molecule has 0 aliphatic rings. The third kappa shape index (κ3) is 3.56.